The van der Waals surface area contributed by atoms with Gasteiger partial charge in [-0.3, -0.25) is 19.2 Å². The summed E-state index contributed by atoms with van der Waals surface area (Å²) in [5, 5.41) is 0. The van der Waals surface area contributed by atoms with E-state index in [2.05, 4.69) is 0 Å². The lowest BCUT2D eigenvalue weighted by Crippen LogP contribution is -2.63. The molecule has 1 aromatic carbocycles. The Hall–Kier alpha value is -3.14. The van der Waals surface area contributed by atoms with Crippen molar-refractivity contribution in [1.29, 1.82) is 0 Å². The van der Waals surface area contributed by atoms with Crippen LogP contribution in [0.15, 0.2) is 24.3 Å². The van der Waals surface area contributed by atoms with Crippen LogP contribution in [0.3, 0.4) is 0 Å². The fourth-order valence-electron chi connectivity index (χ4n) is 3.11. The molecule has 0 radical (unpaired) electrons. The average molecular weight is 438 g/mol. The molecule has 5 unspecified atom stereocenters. The first kappa shape index (κ1) is 24.1. The van der Waals surface area contributed by atoms with E-state index in [0.717, 1.165) is 19.4 Å². The molecule has 0 amide bonds. The van der Waals surface area contributed by atoms with Gasteiger partial charge in [0, 0.05) is 27.7 Å². The number of ether oxygens (including phenoxy) is 6. The number of benzene rings is 1. The zero-order valence-electron chi connectivity index (χ0n) is 18.0. The number of carbonyl (C=O) groups excluding carboxylic acids is 4. The van der Waals surface area contributed by atoms with Crippen molar-refractivity contribution in [2.24, 2.45) is 0 Å². The Morgan fingerprint density at radius 2 is 1.42 bits per heavy atom. The van der Waals surface area contributed by atoms with E-state index in [9.17, 15) is 19.2 Å². The summed E-state index contributed by atoms with van der Waals surface area (Å²) in [7, 11) is 0. The molecule has 0 aromatic heterocycles. The molecule has 5 atom stereocenters. The van der Waals surface area contributed by atoms with Crippen molar-refractivity contribution in [1.82, 2.24) is 0 Å². The van der Waals surface area contributed by atoms with Crippen LogP contribution in [-0.2, 0) is 42.9 Å². The monoisotopic (exact) mass is 438 g/mol. The van der Waals surface area contributed by atoms with Crippen LogP contribution in [0, 0.1) is 6.92 Å². The zero-order valence-corrected chi connectivity index (χ0v) is 18.0. The Morgan fingerprint density at radius 3 is 1.97 bits per heavy atom. The molecule has 1 aliphatic rings. The van der Waals surface area contributed by atoms with Gasteiger partial charge in [-0.2, -0.15) is 0 Å². The van der Waals surface area contributed by atoms with Gasteiger partial charge in [0.05, 0.1) is 0 Å². The summed E-state index contributed by atoms with van der Waals surface area (Å²) in [5.41, 5.74) is 0.906. The van der Waals surface area contributed by atoms with Crippen LogP contribution in [-0.4, -0.2) is 61.2 Å². The van der Waals surface area contributed by atoms with E-state index in [4.69, 9.17) is 28.4 Å². The van der Waals surface area contributed by atoms with Gasteiger partial charge in [0.25, 0.3) is 0 Å². The Bertz CT molecular complexity index is 820. The molecule has 31 heavy (non-hydrogen) atoms. The Balaban J connectivity index is 2.44. The third-order valence-corrected chi connectivity index (χ3v) is 4.19. The molecule has 0 bridgehead atoms. The number of rotatable bonds is 7. The van der Waals surface area contributed by atoms with Crippen LogP contribution < -0.4 is 4.74 Å². The highest BCUT2D eigenvalue weighted by atomic mass is 16.7. The third-order valence-electron chi connectivity index (χ3n) is 4.19. The highest BCUT2D eigenvalue weighted by Crippen LogP contribution is 2.31. The molecule has 170 valence electrons. The summed E-state index contributed by atoms with van der Waals surface area (Å²) in [4.78, 5) is 46.6. The number of carbonyl (C=O) groups is 4. The van der Waals surface area contributed by atoms with Gasteiger partial charge in [0.1, 0.15) is 18.5 Å². The standard InChI is InChI=1S/C21H26O10/c1-11-7-6-8-16(9-11)30-21-20(29-15(5)25)19(28-14(4)24)18(27-13(3)23)17(31-21)10-26-12(2)22/h6-9,17-21H,10H2,1-5H3. The molecule has 0 saturated carbocycles. The normalized spacial score (nSPS) is 25.1. The quantitative estimate of drug-likeness (QED) is 0.456. The van der Waals surface area contributed by atoms with Crippen molar-refractivity contribution in [2.45, 2.75) is 65.3 Å². The molecule has 1 aliphatic heterocycles. The van der Waals surface area contributed by atoms with Crippen LogP contribution in [0.2, 0.25) is 0 Å². The summed E-state index contributed by atoms with van der Waals surface area (Å²) in [6.45, 7) is 6.23. The first-order valence-corrected chi connectivity index (χ1v) is 9.60. The van der Waals surface area contributed by atoms with Gasteiger partial charge in [0.2, 0.25) is 12.4 Å². The summed E-state index contributed by atoms with van der Waals surface area (Å²) in [5.74, 6) is -2.28. The van der Waals surface area contributed by atoms with Crippen molar-refractivity contribution in [2.75, 3.05) is 6.61 Å². The maximum absolute atomic E-state index is 11.8. The summed E-state index contributed by atoms with van der Waals surface area (Å²) in [6.07, 6.45) is -6.06. The van der Waals surface area contributed by atoms with Crippen molar-refractivity contribution >= 4 is 23.9 Å². The Kier molecular flexibility index (Phi) is 8.38. The van der Waals surface area contributed by atoms with Gasteiger partial charge < -0.3 is 28.4 Å². The lowest BCUT2D eigenvalue weighted by molar-refractivity contribution is -0.288. The highest BCUT2D eigenvalue weighted by Gasteiger charge is 2.53. The molecule has 0 N–H and O–H groups in total. The number of hydrogen-bond acceptors (Lipinski definition) is 10. The van der Waals surface area contributed by atoms with Gasteiger partial charge in [-0.05, 0) is 24.6 Å². The molecule has 1 heterocycles. The molecule has 10 heteroatoms. The van der Waals surface area contributed by atoms with Crippen LogP contribution in [0.4, 0.5) is 0 Å². The van der Waals surface area contributed by atoms with E-state index in [-0.39, 0.29) is 6.61 Å². The number of hydrogen-bond donors (Lipinski definition) is 0. The highest BCUT2D eigenvalue weighted by molar-refractivity contribution is 5.68. The van der Waals surface area contributed by atoms with Gasteiger partial charge in [-0.25, -0.2) is 0 Å². The number of esters is 4. The summed E-state index contributed by atoms with van der Waals surface area (Å²) >= 11 is 0. The molecule has 1 aromatic rings. The van der Waals surface area contributed by atoms with Crippen LogP contribution in [0.1, 0.15) is 33.3 Å². The minimum Gasteiger partial charge on any atom is -0.463 e. The van der Waals surface area contributed by atoms with Crippen molar-refractivity contribution in [3.63, 3.8) is 0 Å². The first-order chi connectivity index (χ1) is 14.6. The van der Waals surface area contributed by atoms with Gasteiger partial charge >= 0.3 is 23.9 Å². The third kappa shape index (κ3) is 7.25. The minimum atomic E-state index is -1.27. The van der Waals surface area contributed by atoms with E-state index >= 15 is 0 Å². The van der Waals surface area contributed by atoms with Crippen molar-refractivity contribution in [3.8, 4) is 5.75 Å². The molecule has 10 nitrogen and oxygen atoms in total. The number of aryl methyl sites for hydroxylation is 1. The minimum absolute atomic E-state index is 0.314. The van der Waals surface area contributed by atoms with E-state index in [1.807, 2.05) is 13.0 Å². The molecular formula is C21H26O10. The topological polar surface area (TPSA) is 124 Å². The van der Waals surface area contributed by atoms with E-state index in [1.54, 1.807) is 18.2 Å². The maximum Gasteiger partial charge on any atom is 0.303 e. The Labute approximate surface area is 179 Å². The van der Waals surface area contributed by atoms with Gasteiger partial charge in [-0.1, -0.05) is 12.1 Å². The van der Waals surface area contributed by atoms with Crippen molar-refractivity contribution in [3.05, 3.63) is 29.8 Å². The SMILES string of the molecule is CC(=O)OCC1OC(Oc2cccc(C)c2)C(OC(C)=O)C(OC(C)=O)C1OC(C)=O. The molecule has 0 aliphatic carbocycles. The van der Waals surface area contributed by atoms with E-state index in [1.165, 1.54) is 13.8 Å². The fraction of sp³-hybridized carbons (Fsp3) is 0.524. The predicted octanol–water partition coefficient (Wildman–Crippen LogP) is 1.46. The summed E-state index contributed by atoms with van der Waals surface area (Å²) in [6, 6.07) is 7.02. The summed E-state index contributed by atoms with van der Waals surface area (Å²) < 4.78 is 32.8. The maximum atomic E-state index is 11.8. The fourth-order valence-corrected chi connectivity index (χ4v) is 3.11. The Morgan fingerprint density at radius 1 is 0.839 bits per heavy atom. The molecule has 1 fully saturated rings. The van der Waals surface area contributed by atoms with Crippen LogP contribution in [0.25, 0.3) is 0 Å². The molecule has 0 spiro atoms. The van der Waals surface area contributed by atoms with E-state index < -0.39 is 54.6 Å². The molecular weight excluding hydrogens is 412 g/mol. The lowest BCUT2D eigenvalue weighted by atomic mass is 9.98. The van der Waals surface area contributed by atoms with Crippen molar-refractivity contribution < 1.29 is 47.6 Å². The molecule has 1 saturated heterocycles. The smallest absolute Gasteiger partial charge is 0.303 e. The van der Waals surface area contributed by atoms with E-state index in [0.29, 0.717) is 5.75 Å². The first-order valence-electron chi connectivity index (χ1n) is 9.60. The van der Waals surface area contributed by atoms with Gasteiger partial charge in [0.15, 0.2) is 12.2 Å². The van der Waals surface area contributed by atoms with Crippen LogP contribution >= 0.6 is 0 Å². The largest absolute Gasteiger partial charge is 0.463 e. The predicted molar refractivity (Wildman–Crippen MR) is 104 cm³/mol. The van der Waals surface area contributed by atoms with Gasteiger partial charge in [-0.15, -0.1) is 0 Å². The van der Waals surface area contributed by atoms with Crippen LogP contribution in [0.5, 0.6) is 5.75 Å². The lowest BCUT2D eigenvalue weighted by Gasteiger charge is -2.43. The second-order valence-corrected chi connectivity index (χ2v) is 7.00. The zero-order chi connectivity index (χ0) is 23.1. The molecule has 2 rings (SSSR count). The average Bonchev–Trinajstić information content (AvgIpc) is 2.64. The second-order valence-electron chi connectivity index (χ2n) is 7.00. The second kappa shape index (κ2) is 10.8.